The van der Waals surface area contributed by atoms with E-state index in [1.54, 1.807) is 0 Å². The molecule has 2 rings (SSSR count). The van der Waals surface area contributed by atoms with Crippen molar-refractivity contribution in [3.05, 3.63) is 48.5 Å². The van der Waals surface area contributed by atoms with Crippen LogP contribution >= 0.6 is 0 Å². The molecule has 0 aliphatic heterocycles. The molecule has 2 aromatic rings. The lowest BCUT2D eigenvalue weighted by atomic mass is 10.3. The second-order valence-electron chi connectivity index (χ2n) is 3.97. The molecule has 1 heterocycles. The van der Waals surface area contributed by atoms with Gasteiger partial charge in [0.25, 0.3) is 5.82 Å². The Balaban J connectivity index is 2.42. The smallest absolute Gasteiger partial charge is 0.234 e. The zero-order chi connectivity index (χ0) is 11.4. The van der Waals surface area contributed by atoms with E-state index >= 15 is 0 Å². The number of hydrogen-bond acceptors (Lipinski definition) is 0. The molecule has 0 fully saturated rings. The third kappa shape index (κ3) is 2.01. The van der Waals surface area contributed by atoms with Gasteiger partial charge in [-0.3, -0.25) is 0 Å². The Bertz CT molecular complexity index is 443. The third-order valence-corrected chi connectivity index (χ3v) is 2.82. The Morgan fingerprint density at radius 2 is 1.88 bits per heavy atom. The molecule has 84 valence electrons. The van der Waals surface area contributed by atoms with Gasteiger partial charge < -0.3 is 0 Å². The molecular weight excluding hydrogens is 196 g/mol. The Labute approximate surface area is 97.2 Å². The molecular formula is C14H19N2+. The number of benzene rings is 1. The summed E-state index contributed by atoms with van der Waals surface area (Å²) < 4.78 is 4.61. The lowest BCUT2D eigenvalue weighted by molar-refractivity contribution is -0.703. The Morgan fingerprint density at radius 3 is 2.50 bits per heavy atom. The highest BCUT2D eigenvalue weighted by Crippen LogP contribution is 2.09. The molecule has 0 spiro atoms. The molecule has 1 aromatic carbocycles. The molecule has 0 unspecified atom stereocenters. The van der Waals surface area contributed by atoms with Crippen molar-refractivity contribution < 1.29 is 4.57 Å². The van der Waals surface area contributed by atoms with Crippen molar-refractivity contribution in [1.29, 1.82) is 0 Å². The minimum atomic E-state index is 1.06. The molecule has 2 heteroatoms. The summed E-state index contributed by atoms with van der Waals surface area (Å²) in [5.41, 5.74) is 1.24. The average Bonchev–Trinajstić information content (AvgIpc) is 2.73. The maximum absolute atomic E-state index is 2.34. The summed E-state index contributed by atoms with van der Waals surface area (Å²) in [6, 6.07) is 10.5. The number of imidazole rings is 1. The number of para-hydroxylation sites is 1. The van der Waals surface area contributed by atoms with E-state index in [-0.39, 0.29) is 0 Å². The van der Waals surface area contributed by atoms with Crippen molar-refractivity contribution in [3.8, 4) is 5.69 Å². The second kappa shape index (κ2) is 4.97. The number of aryl methyl sites for hydroxylation is 1. The predicted molar refractivity (Wildman–Crippen MR) is 65.6 cm³/mol. The van der Waals surface area contributed by atoms with E-state index in [0.717, 1.165) is 13.0 Å². The molecule has 2 nitrogen and oxygen atoms in total. The highest BCUT2D eigenvalue weighted by molar-refractivity contribution is 5.31. The highest BCUT2D eigenvalue weighted by Gasteiger charge is 2.15. The predicted octanol–water partition coefficient (Wildman–Crippen LogP) is 2.74. The first kappa shape index (κ1) is 10.9. The van der Waals surface area contributed by atoms with Gasteiger partial charge in [-0.2, -0.15) is 4.57 Å². The molecule has 0 N–H and O–H groups in total. The van der Waals surface area contributed by atoms with Crippen molar-refractivity contribution >= 4 is 0 Å². The number of hydrogen-bond donors (Lipinski definition) is 0. The fraction of sp³-hybridized carbons (Fsp3) is 0.357. The van der Waals surface area contributed by atoms with Crippen LogP contribution in [0, 0.1) is 0 Å². The van der Waals surface area contributed by atoms with Crippen LogP contribution in [0.4, 0.5) is 0 Å². The highest BCUT2D eigenvalue weighted by atomic mass is 15.1. The molecule has 0 atom stereocenters. The second-order valence-corrected chi connectivity index (χ2v) is 3.97. The molecule has 0 radical (unpaired) electrons. The molecule has 0 amide bonds. The Morgan fingerprint density at radius 1 is 1.12 bits per heavy atom. The fourth-order valence-electron chi connectivity index (χ4n) is 2.10. The maximum Gasteiger partial charge on any atom is 0.261 e. The van der Waals surface area contributed by atoms with E-state index in [9.17, 15) is 0 Å². The van der Waals surface area contributed by atoms with Crippen molar-refractivity contribution in [1.82, 2.24) is 4.57 Å². The van der Waals surface area contributed by atoms with Crippen molar-refractivity contribution in [2.24, 2.45) is 0 Å². The lowest BCUT2D eigenvalue weighted by Gasteiger charge is -2.01. The fourth-order valence-corrected chi connectivity index (χ4v) is 2.10. The van der Waals surface area contributed by atoms with Gasteiger partial charge in [0.1, 0.15) is 18.1 Å². The first-order valence-corrected chi connectivity index (χ1v) is 6.02. The van der Waals surface area contributed by atoms with Crippen LogP contribution in [-0.4, -0.2) is 4.57 Å². The third-order valence-electron chi connectivity index (χ3n) is 2.82. The molecule has 0 saturated carbocycles. The SMILES string of the molecule is CCC[n+]1ccn(-c2ccccc2)c1CC. The van der Waals surface area contributed by atoms with E-state index in [1.165, 1.54) is 17.9 Å². The summed E-state index contributed by atoms with van der Waals surface area (Å²) in [5, 5.41) is 0. The van der Waals surface area contributed by atoms with Gasteiger partial charge >= 0.3 is 0 Å². The van der Waals surface area contributed by atoms with Crippen LogP contribution in [0.15, 0.2) is 42.7 Å². The normalized spacial score (nSPS) is 10.6. The first-order chi connectivity index (χ1) is 7.86. The molecule has 0 aliphatic carbocycles. The summed E-state index contributed by atoms with van der Waals surface area (Å²) in [6.45, 7) is 5.52. The number of rotatable bonds is 4. The molecule has 0 saturated heterocycles. The van der Waals surface area contributed by atoms with Crippen molar-refractivity contribution in [2.75, 3.05) is 0 Å². The molecule has 0 aliphatic rings. The minimum absolute atomic E-state index is 1.06. The standard InChI is InChI=1S/C14H19N2/c1-3-10-15-11-12-16(14(15)4-2)13-8-6-5-7-9-13/h5-9,11-12H,3-4,10H2,1-2H3/q+1. The van der Waals surface area contributed by atoms with Gasteiger partial charge in [-0.15, -0.1) is 0 Å². The molecule has 16 heavy (non-hydrogen) atoms. The summed E-state index contributed by atoms with van der Waals surface area (Å²) in [5.74, 6) is 1.37. The van der Waals surface area contributed by atoms with Crippen LogP contribution in [0.2, 0.25) is 0 Å². The van der Waals surface area contributed by atoms with Crippen LogP contribution < -0.4 is 4.57 Å². The first-order valence-electron chi connectivity index (χ1n) is 6.02. The van der Waals surface area contributed by atoms with Gasteiger partial charge in [0.2, 0.25) is 0 Å². The van der Waals surface area contributed by atoms with E-state index < -0.39 is 0 Å². The molecule has 0 bridgehead atoms. The topological polar surface area (TPSA) is 8.81 Å². The average molecular weight is 215 g/mol. The zero-order valence-electron chi connectivity index (χ0n) is 10.1. The van der Waals surface area contributed by atoms with Crippen LogP contribution in [-0.2, 0) is 13.0 Å². The van der Waals surface area contributed by atoms with Crippen LogP contribution in [0.5, 0.6) is 0 Å². The molecule has 1 aromatic heterocycles. The Hall–Kier alpha value is -1.57. The summed E-state index contributed by atoms with van der Waals surface area (Å²) in [6.07, 6.45) is 6.57. The van der Waals surface area contributed by atoms with E-state index in [2.05, 4.69) is 65.7 Å². The number of aromatic nitrogens is 2. The van der Waals surface area contributed by atoms with Gasteiger partial charge in [-0.25, -0.2) is 4.57 Å². The summed E-state index contributed by atoms with van der Waals surface area (Å²) >= 11 is 0. The van der Waals surface area contributed by atoms with E-state index in [4.69, 9.17) is 0 Å². The van der Waals surface area contributed by atoms with Gasteiger partial charge in [0.05, 0.1) is 6.54 Å². The monoisotopic (exact) mass is 215 g/mol. The number of nitrogens with zero attached hydrogens (tertiary/aromatic N) is 2. The minimum Gasteiger partial charge on any atom is -0.234 e. The quantitative estimate of drug-likeness (QED) is 0.693. The van der Waals surface area contributed by atoms with Gasteiger partial charge in [-0.1, -0.05) is 32.0 Å². The van der Waals surface area contributed by atoms with E-state index in [0.29, 0.717) is 0 Å². The van der Waals surface area contributed by atoms with Crippen LogP contribution in [0.3, 0.4) is 0 Å². The van der Waals surface area contributed by atoms with Crippen LogP contribution in [0.1, 0.15) is 26.1 Å². The lowest BCUT2D eigenvalue weighted by Crippen LogP contribution is -2.36. The van der Waals surface area contributed by atoms with Crippen LogP contribution in [0.25, 0.3) is 5.69 Å². The largest absolute Gasteiger partial charge is 0.261 e. The summed E-state index contributed by atoms with van der Waals surface area (Å²) in [7, 11) is 0. The Kier molecular flexibility index (Phi) is 3.40. The van der Waals surface area contributed by atoms with E-state index in [1.807, 2.05) is 0 Å². The summed E-state index contributed by atoms with van der Waals surface area (Å²) in [4.78, 5) is 0. The van der Waals surface area contributed by atoms with Crippen molar-refractivity contribution in [3.63, 3.8) is 0 Å². The maximum atomic E-state index is 2.34. The van der Waals surface area contributed by atoms with Gasteiger partial charge in [0, 0.05) is 6.42 Å². The van der Waals surface area contributed by atoms with Gasteiger partial charge in [-0.05, 0) is 18.6 Å². The zero-order valence-corrected chi connectivity index (χ0v) is 10.1. The van der Waals surface area contributed by atoms with Gasteiger partial charge in [0.15, 0.2) is 0 Å². The van der Waals surface area contributed by atoms with Crippen molar-refractivity contribution in [2.45, 2.75) is 33.2 Å².